The second kappa shape index (κ2) is 5.73. The van der Waals surface area contributed by atoms with Gasteiger partial charge < -0.3 is 5.73 Å². The Kier molecular flexibility index (Phi) is 4.39. The van der Waals surface area contributed by atoms with Gasteiger partial charge in [-0.3, -0.25) is 0 Å². The van der Waals surface area contributed by atoms with Crippen molar-refractivity contribution < 1.29 is 8.42 Å². The van der Waals surface area contributed by atoms with Crippen LogP contribution in [0.1, 0.15) is 10.4 Å². The van der Waals surface area contributed by atoms with E-state index in [1.165, 1.54) is 22.5 Å². The third-order valence-corrected chi connectivity index (χ3v) is 6.16. The van der Waals surface area contributed by atoms with Crippen LogP contribution >= 0.6 is 22.9 Å². The fourth-order valence-electron chi connectivity index (χ4n) is 1.72. The summed E-state index contributed by atoms with van der Waals surface area (Å²) in [5.74, 6) is 0. The first kappa shape index (κ1) is 15.3. The molecule has 1 aromatic carbocycles. The molecule has 0 aliphatic heterocycles. The van der Waals surface area contributed by atoms with Crippen LogP contribution < -0.4 is 5.73 Å². The van der Waals surface area contributed by atoms with E-state index in [2.05, 4.69) is 0 Å². The monoisotopic (exact) mass is 330 g/mol. The first-order chi connectivity index (χ1) is 9.32. The molecule has 4 nitrogen and oxygen atoms in total. The van der Waals surface area contributed by atoms with Gasteiger partial charge in [0.1, 0.15) is 0 Å². The van der Waals surface area contributed by atoms with Crippen molar-refractivity contribution in [2.45, 2.75) is 18.4 Å². The molecule has 2 N–H and O–H groups in total. The molecule has 1 aromatic heterocycles. The quantitative estimate of drug-likeness (QED) is 0.876. The maximum atomic E-state index is 12.5. The van der Waals surface area contributed by atoms with E-state index in [4.69, 9.17) is 17.3 Å². The largest absolute Gasteiger partial charge is 0.397 e. The fourth-order valence-corrected chi connectivity index (χ4v) is 4.05. The van der Waals surface area contributed by atoms with E-state index in [1.54, 1.807) is 18.4 Å². The van der Waals surface area contributed by atoms with Crippen LogP contribution in [-0.2, 0) is 16.6 Å². The van der Waals surface area contributed by atoms with Crippen LogP contribution in [0.3, 0.4) is 0 Å². The van der Waals surface area contributed by atoms with Gasteiger partial charge in [0.05, 0.1) is 15.6 Å². The smallest absolute Gasteiger partial charge is 0.243 e. The Labute approximate surface area is 127 Å². The summed E-state index contributed by atoms with van der Waals surface area (Å²) >= 11 is 7.36. The average molecular weight is 331 g/mol. The zero-order valence-electron chi connectivity index (χ0n) is 11.1. The van der Waals surface area contributed by atoms with Gasteiger partial charge in [0.15, 0.2) is 0 Å². The van der Waals surface area contributed by atoms with E-state index in [0.29, 0.717) is 11.6 Å². The molecule has 0 aliphatic carbocycles. The second-order valence-corrected chi connectivity index (χ2v) is 7.92. The first-order valence-corrected chi connectivity index (χ1v) is 8.56. The van der Waals surface area contributed by atoms with Crippen LogP contribution in [0.25, 0.3) is 0 Å². The van der Waals surface area contributed by atoms with Gasteiger partial charge in [-0.05, 0) is 42.1 Å². The highest BCUT2D eigenvalue weighted by molar-refractivity contribution is 7.89. The van der Waals surface area contributed by atoms with Crippen molar-refractivity contribution in [3.05, 3.63) is 45.1 Å². The molecule has 2 aromatic rings. The lowest BCUT2D eigenvalue weighted by Crippen LogP contribution is -2.26. The zero-order valence-corrected chi connectivity index (χ0v) is 13.5. The molecule has 0 atom stereocenters. The van der Waals surface area contributed by atoms with Crippen LogP contribution in [0.15, 0.2) is 34.5 Å². The Morgan fingerprint density at radius 3 is 2.60 bits per heavy atom. The third-order valence-electron chi connectivity index (χ3n) is 3.01. The molecule has 0 saturated heterocycles. The van der Waals surface area contributed by atoms with Gasteiger partial charge in [0.25, 0.3) is 0 Å². The van der Waals surface area contributed by atoms with Crippen molar-refractivity contribution >= 4 is 38.6 Å². The molecule has 108 valence electrons. The van der Waals surface area contributed by atoms with Crippen molar-refractivity contribution in [3.8, 4) is 0 Å². The van der Waals surface area contributed by atoms with Crippen LogP contribution in [-0.4, -0.2) is 19.8 Å². The molecule has 0 fully saturated rings. The second-order valence-electron chi connectivity index (χ2n) is 4.47. The first-order valence-electron chi connectivity index (χ1n) is 5.86. The number of halogens is 1. The summed E-state index contributed by atoms with van der Waals surface area (Å²) < 4.78 is 26.2. The van der Waals surface area contributed by atoms with E-state index in [1.807, 2.05) is 18.4 Å². The van der Waals surface area contributed by atoms with Crippen LogP contribution in [0.2, 0.25) is 5.02 Å². The predicted molar refractivity (Wildman–Crippen MR) is 83.6 cm³/mol. The molecule has 1 heterocycles. The average Bonchev–Trinajstić information content (AvgIpc) is 2.78. The highest BCUT2D eigenvalue weighted by Gasteiger charge is 2.22. The molecule has 0 unspecified atom stereocenters. The number of thiophene rings is 1. The molecule has 2 rings (SSSR count). The number of hydrogen-bond donors (Lipinski definition) is 1. The number of sulfonamides is 1. The molecule has 0 radical (unpaired) electrons. The van der Waals surface area contributed by atoms with E-state index in [9.17, 15) is 8.42 Å². The number of nitrogen functional groups attached to an aromatic ring is 1. The molecule has 7 heteroatoms. The molecular formula is C13H15ClN2O2S2. The Morgan fingerprint density at radius 2 is 2.05 bits per heavy atom. The summed E-state index contributed by atoms with van der Waals surface area (Å²) in [5, 5.41) is 2.30. The topological polar surface area (TPSA) is 63.4 Å². The Hall–Kier alpha value is -1.08. The van der Waals surface area contributed by atoms with Crippen molar-refractivity contribution in [2.75, 3.05) is 12.8 Å². The van der Waals surface area contributed by atoms with Gasteiger partial charge in [0, 0.05) is 18.5 Å². The summed E-state index contributed by atoms with van der Waals surface area (Å²) in [6.45, 7) is 2.31. The number of aryl methyl sites for hydroxylation is 1. The predicted octanol–water partition coefficient (Wildman–Crippen LogP) is 3.11. The van der Waals surface area contributed by atoms with Crippen LogP contribution in [0.5, 0.6) is 0 Å². The van der Waals surface area contributed by atoms with E-state index < -0.39 is 10.0 Å². The SMILES string of the molecule is Cc1ccsc1CN(C)S(=O)(=O)c1ccc(Cl)c(N)c1. The lowest BCUT2D eigenvalue weighted by atomic mass is 10.3. The number of rotatable bonds is 4. The van der Waals surface area contributed by atoms with Gasteiger partial charge in [0.2, 0.25) is 10.0 Å². The molecule has 0 spiro atoms. The summed E-state index contributed by atoms with van der Waals surface area (Å²) in [7, 11) is -2.01. The van der Waals surface area contributed by atoms with Crippen LogP contribution in [0, 0.1) is 6.92 Å². The maximum Gasteiger partial charge on any atom is 0.243 e. The van der Waals surface area contributed by atoms with Gasteiger partial charge in [-0.1, -0.05) is 11.6 Å². The summed E-state index contributed by atoms with van der Waals surface area (Å²) in [6.07, 6.45) is 0. The zero-order chi connectivity index (χ0) is 14.9. The normalized spacial score (nSPS) is 12.0. The lowest BCUT2D eigenvalue weighted by molar-refractivity contribution is 0.469. The number of hydrogen-bond acceptors (Lipinski definition) is 4. The molecule has 0 aliphatic rings. The third kappa shape index (κ3) is 2.98. The highest BCUT2D eigenvalue weighted by Crippen LogP contribution is 2.26. The maximum absolute atomic E-state index is 12.5. The molecule has 0 saturated carbocycles. The van der Waals surface area contributed by atoms with Crippen LogP contribution in [0.4, 0.5) is 5.69 Å². The standard InChI is InChI=1S/C13H15ClN2O2S2/c1-9-5-6-19-13(9)8-16(2)20(17,18)10-3-4-11(14)12(15)7-10/h3-7H,8,15H2,1-2H3. The number of benzene rings is 1. The summed E-state index contributed by atoms with van der Waals surface area (Å²) in [6, 6.07) is 6.32. The number of anilines is 1. The molecular weight excluding hydrogens is 316 g/mol. The van der Waals surface area contributed by atoms with E-state index >= 15 is 0 Å². The minimum absolute atomic E-state index is 0.149. The summed E-state index contributed by atoms with van der Waals surface area (Å²) in [5.41, 5.74) is 7.01. The lowest BCUT2D eigenvalue weighted by Gasteiger charge is -2.17. The van der Waals surface area contributed by atoms with Crippen molar-refractivity contribution in [3.63, 3.8) is 0 Å². The highest BCUT2D eigenvalue weighted by atomic mass is 35.5. The fraction of sp³-hybridized carbons (Fsp3) is 0.231. The minimum Gasteiger partial charge on any atom is -0.397 e. The van der Waals surface area contributed by atoms with Crippen molar-refractivity contribution in [1.82, 2.24) is 4.31 Å². The van der Waals surface area contributed by atoms with Gasteiger partial charge >= 0.3 is 0 Å². The Morgan fingerprint density at radius 1 is 1.35 bits per heavy atom. The molecule has 0 amide bonds. The Bertz CT molecular complexity index is 726. The number of nitrogens with two attached hydrogens (primary N) is 1. The van der Waals surface area contributed by atoms with Crippen molar-refractivity contribution in [1.29, 1.82) is 0 Å². The Balaban J connectivity index is 2.29. The minimum atomic E-state index is -3.57. The molecule has 0 bridgehead atoms. The van der Waals surface area contributed by atoms with E-state index in [0.717, 1.165) is 10.4 Å². The number of nitrogens with zero attached hydrogens (tertiary/aromatic N) is 1. The van der Waals surface area contributed by atoms with Crippen molar-refractivity contribution in [2.24, 2.45) is 0 Å². The van der Waals surface area contributed by atoms with Gasteiger partial charge in [-0.15, -0.1) is 11.3 Å². The molecule has 20 heavy (non-hydrogen) atoms. The van der Waals surface area contributed by atoms with E-state index in [-0.39, 0.29) is 10.6 Å². The van der Waals surface area contributed by atoms with Gasteiger partial charge in [-0.2, -0.15) is 4.31 Å². The summed E-state index contributed by atoms with van der Waals surface area (Å²) in [4.78, 5) is 1.18. The van der Waals surface area contributed by atoms with Gasteiger partial charge in [-0.25, -0.2) is 8.42 Å².